The van der Waals surface area contributed by atoms with Gasteiger partial charge in [0.1, 0.15) is 17.8 Å². The Morgan fingerprint density at radius 2 is 1.95 bits per heavy atom. The first-order chi connectivity index (χ1) is 10.2. The summed E-state index contributed by atoms with van der Waals surface area (Å²) < 4.78 is 63.5. The van der Waals surface area contributed by atoms with Gasteiger partial charge in [0, 0.05) is 25.2 Å². The van der Waals surface area contributed by atoms with Gasteiger partial charge in [0.2, 0.25) is 10.0 Å². The van der Waals surface area contributed by atoms with Gasteiger partial charge >= 0.3 is 6.18 Å². The molecule has 0 amide bonds. The third-order valence-electron chi connectivity index (χ3n) is 3.49. The van der Waals surface area contributed by atoms with Crippen LogP contribution in [-0.2, 0) is 16.2 Å². The van der Waals surface area contributed by atoms with Gasteiger partial charge in [-0.15, -0.1) is 0 Å². The van der Waals surface area contributed by atoms with E-state index in [0.29, 0.717) is 25.9 Å². The third kappa shape index (κ3) is 4.29. The van der Waals surface area contributed by atoms with E-state index in [1.807, 2.05) is 0 Å². The Hall–Kier alpha value is -1.42. The van der Waals surface area contributed by atoms with Crippen molar-refractivity contribution in [1.29, 1.82) is 0 Å². The highest BCUT2D eigenvalue weighted by molar-refractivity contribution is 7.89. The summed E-state index contributed by atoms with van der Waals surface area (Å²) in [7, 11) is -3.27. The number of hydrogen-bond acceptors (Lipinski definition) is 5. The topological polar surface area (TPSA) is 75.2 Å². The summed E-state index contributed by atoms with van der Waals surface area (Å²) >= 11 is 0. The van der Waals surface area contributed by atoms with E-state index in [0.717, 1.165) is 12.4 Å². The normalized spacial score (nSPS) is 17.7. The molecule has 0 atom stereocenters. The number of aromatic nitrogens is 2. The summed E-state index contributed by atoms with van der Waals surface area (Å²) in [5, 5.41) is 0. The minimum absolute atomic E-state index is 0.00800. The van der Waals surface area contributed by atoms with Crippen molar-refractivity contribution in [2.24, 2.45) is 0 Å². The Morgan fingerprint density at radius 1 is 1.32 bits per heavy atom. The molecule has 1 N–H and O–H groups in total. The molecule has 1 fully saturated rings. The second kappa shape index (κ2) is 6.37. The average Bonchev–Trinajstić information content (AvgIpc) is 2.47. The average molecular weight is 338 g/mol. The maximum Gasteiger partial charge on any atom is 0.433 e. The predicted molar refractivity (Wildman–Crippen MR) is 74.9 cm³/mol. The van der Waals surface area contributed by atoms with Gasteiger partial charge in [-0.1, -0.05) is 0 Å². The molecular weight excluding hydrogens is 321 g/mol. The number of nitrogens with zero attached hydrogens (tertiary/aromatic N) is 3. The molecular formula is C12H17F3N4O2S. The van der Waals surface area contributed by atoms with Gasteiger partial charge in [-0.3, -0.25) is 0 Å². The van der Waals surface area contributed by atoms with Crippen LogP contribution in [0.15, 0.2) is 12.4 Å². The van der Waals surface area contributed by atoms with Gasteiger partial charge in [0.05, 0.1) is 5.75 Å². The molecule has 6 nitrogen and oxygen atoms in total. The molecule has 124 valence electrons. The van der Waals surface area contributed by atoms with E-state index in [4.69, 9.17) is 0 Å². The molecule has 0 aromatic carbocycles. The minimum atomic E-state index is -4.51. The highest BCUT2D eigenvalue weighted by Crippen LogP contribution is 2.29. The van der Waals surface area contributed by atoms with Crippen LogP contribution in [0.1, 0.15) is 25.5 Å². The molecule has 22 heavy (non-hydrogen) atoms. The number of nitrogens with one attached hydrogen (secondary N) is 1. The Morgan fingerprint density at radius 3 is 2.50 bits per heavy atom. The number of piperidine rings is 1. The van der Waals surface area contributed by atoms with Crippen molar-refractivity contribution in [2.75, 3.05) is 23.7 Å². The van der Waals surface area contributed by atoms with Crippen molar-refractivity contribution in [3.8, 4) is 0 Å². The summed E-state index contributed by atoms with van der Waals surface area (Å²) in [6.07, 6.45) is -2.58. The molecule has 1 aliphatic heterocycles. The molecule has 0 spiro atoms. The van der Waals surface area contributed by atoms with Gasteiger partial charge in [-0.05, 0) is 19.8 Å². The largest absolute Gasteiger partial charge is 0.433 e. The standard InChI is InChI=1S/C12H17F3N4O2S/c1-2-22(20,21)18-9-3-5-19(6-4-9)11-7-10(12(13,14)15)16-8-17-11/h7-9,18H,2-6H2,1H3. The molecule has 1 aliphatic rings. The molecule has 2 heterocycles. The number of sulfonamides is 1. The SMILES string of the molecule is CCS(=O)(=O)NC1CCN(c2cc(C(F)(F)F)ncn2)CC1. The van der Waals surface area contributed by atoms with Crippen LogP contribution in [0.5, 0.6) is 0 Å². The highest BCUT2D eigenvalue weighted by atomic mass is 32.2. The van der Waals surface area contributed by atoms with Crippen molar-refractivity contribution in [2.45, 2.75) is 32.0 Å². The highest BCUT2D eigenvalue weighted by Gasteiger charge is 2.33. The maximum atomic E-state index is 12.6. The molecule has 0 bridgehead atoms. The predicted octanol–water partition coefficient (Wildman–Crippen LogP) is 1.40. The lowest BCUT2D eigenvalue weighted by atomic mass is 10.1. The third-order valence-corrected chi connectivity index (χ3v) is 4.94. The molecule has 0 unspecified atom stereocenters. The first-order valence-corrected chi connectivity index (χ1v) is 8.50. The summed E-state index contributed by atoms with van der Waals surface area (Å²) in [4.78, 5) is 8.80. The molecule has 1 saturated heterocycles. The Labute approximate surface area is 126 Å². The van der Waals surface area contributed by atoms with Gasteiger partial charge in [0.15, 0.2) is 0 Å². The van der Waals surface area contributed by atoms with Crippen LogP contribution >= 0.6 is 0 Å². The maximum absolute atomic E-state index is 12.6. The fraction of sp³-hybridized carbons (Fsp3) is 0.667. The lowest BCUT2D eigenvalue weighted by Gasteiger charge is -2.33. The monoisotopic (exact) mass is 338 g/mol. The Kier molecular flexibility index (Phi) is 4.90. The van der Waals surface area contributed by atoms with Crippen LogP contribution in [-0.4, -0.2) is 43.3 Å². The zero-order valence-corrected chi connectivity index (χ0v) is 12.8. The van der Waals surface area contributed by atoms with Gasteiger partial charge in [0.25, 0.3) is 0 Å². The Bertz CT molecular complexity index is 613. The molecule has 1 aromatic heterocycles. The smallest absolute Gasteiger partial charge is 0.356 e. The molecule has 0 radical (unpaired) electrons. The van der Waals surface area contributed by atoms with E-state index in [2.05, 4.69) is 14.7 Å². The fourth-order valence-corrected chi connectivity index (χ4v) is 3.15. The van der Waals surface area contributed by atoms with Crippen LogP contribution in [0, 0.1) is 0 Å². The van der Waals surface area contributed by atoms with Crippen LogP contribution in [0.4, 0.5) is 19.0 Å². The van der Waals surface area contributed by atoms with Gasteiger partial charge in [-0.2, -0.15) is 13.2 Å². The molecule has 10 heteroatoms. The summed E-state index contributed by atoms with van der Waals surface area (Å²) in [5.41, 5.74) is -0.980. The zero-order chi connectivity index (χ0) is 16.4. The van der Waals surface area contributed by atoms with Crippen molar-refractivity contribution in [3.63, 3.8) is 0 Å². The minimum Gasteiger partial charge on any atom is -0.356 e. The van der Waals surface area contributed by atoms with E-state index in [9.17, 15) is 21.6 Å². The van der Waals surface area contributed by atoms with Crippen molar-refractivity contribution >= 4 is 15.8 Å². The fourth-order valence-electron chi connectivity index (χ4n) is 2.24. The van der Waals surface area contributed by atoms with E-state index >= 15 is 0 Å². The van der Waals surface area contributed by atoms with Gasteiger partial charge < -0.3 is 4.90 Å². The quantitative estimate of drug-likeness (QED) is 0.898. The number of halogens is 3. The first kappa shape index (κ1) is 16.9. The van der Waals surface area contributed by atoms with Gasteiger partial charge in [-0.25, -0.2) is 23.1 Å². The molecule has 0 aliphatic carbocycles. The number of anilines is 1. The van der Waals surface area contributed by atoms with Crippen LogP contribution in [0.25, 0.3) is 0 Å². The lowest BCUT2D eigenvalue weighted by molar-refractivity contribution is -0.141. The molecule has 0 saturated carbocycles. The number of hydrogen-bond donors (Lipinski definition) is 1. The second-order valence-corrected chi connectivity index (χ2v) is 7.08. The lowest BCUT2D eigenvalue weighted by Crippen LogP contribution is -2.45. The summed E-state index contributed by atoms with van der Waals surface area (Å²) in [6, 6.07) is 0.724. The van der Waals surface area contributed by atoms with E-state index in [-0.39, 0.29) is 17.6 Å². The van der Waals surface area contributed by atoms with Crippen molar-refractivity contribution < 1.29 is 21.6 Å². The number of rotatable bonds is 4. The zero-order valence-electron chi connectivity index (χ0n) is 12.0. The van der Waals surface area contributed by atoms with Crippen LogP contribution in [0.3, 0.4) is 0 Å². The number of alkyl halides is 3. The van der Waals surface area contributed by atoms with Crippen LogP contribution in [0.2, 0.25) is 0 Å². The van der Waals surface area contributed by atoms with Crippen LogP contribution < -0.4 is 9.62 Å². The Balaban J connectivity index is 2.00. The summed E-state index contributed by atoms with van der Waals surface area (Å²) in [5.74, 6) is 0.216. The molecule has 2 rings (SSSR count). The van der Waals surface area contributed by atoms with Crippen molar-refractivity contribution in [1.82, 2.24) is 14.7 Å². The summed E-state index contributed by atoms with van der Waals surface area (Å²) in [6.45, 7) is 2.42. The van der Waals surface area contributed by atoms with E-state index in [1.54, 1.807) is 11.8 Å². The second-order valence-electron chi connectivity index (χ2n) is 5.04. The van der Waals surface area contributed by atoms with E-state index < -0.39 is 21.9 Å². The van der Waals surface area contributed by atoms with E-state index in [1.165, 1.54) is 0 Å². The molecule has 1 aromatic rings. The first-order valence-electron chi connectivity index (χ1n) is 6.85. The van der Waals surface area contributed by atoms with Crippen molar-refractivity contribution in [3.05, 3.63) is 18.1 Å².